The number of nitrogens with zero attached hydrogens (tertiary/aromatic N) is 2. The number of ether oxygens (including phenoxy) is 1. The molecule has 0 aliphatic rings. The minimum atomic E-state index is -0.0110. The first-order valence-corrected chi connectivity index (χ1v) is 9.46. The Morgan fingerprint density at radius 1 is 1.15 bits per heavy atom. The average molecular weight is 388 g/mol. The molecule has 1 N–H and O–H groups in total. The van der Waals surface area contributed by atoms with Crippen LogP contribution >= 0.6 is 22.9 Å². The van der Waals surface area contributed by atoms with Gasteiger partial charge in [-0.15, -0.1) is 11.3 Å². The predicted octanol–water partition coefficient (Wildman–Crippen LogP) is 4.33. The van der Waals surface area contributed by atoms with Crippen molar-refractivity contribution in [2.45, 2.75) is 19.4 Å². The molecule has 26 heavy (non-hydrogen) atoms. The summed E-state index contributed by atoms with van der Waals surface area (Å²) < 4.78 is 5.57. The monoisotopic (exact) mass is 387 g/mol. The number of halogens is 1. The number of hydrogen-bond donors (Lipinski definition) is 1. The molecule has 0 radical (unpaired) electrons. The van der Waals surface area contributed by atoms with E-state index in [0.29, 0.717) is 31.0 Å². The molecule has 0 spiro atoms. The number of nitrogens with one attached hydrogen (secondary N) is 1. The molecule has 3 aromatic rings. The van der Waals surface area contributed by atoms with Crippen LogP contribution in [0.3, 0.4) is 0 Å². The number of benzene rings is 1. The molecule has 0 unspecified atom stereocenters. The second-order valence-electron chi connectivity index (χ2n) is 5.56. The molecule has 0 saturated heterocycles. The second kappa shape index (κ2) is 9.31. The van der Waals surface area contributed by atoms with Gasteiger partial charge in [0, 0.05) is 34.8 Å². The van der Waals surface area contributed by atoms with Gasteiger partial charge in [-0.3, -0.25) is 9.78 Å². The molecule has 3 rings (SSSR count). The Morgan fingerprint density at radius 3 is 2.69 bits per heavy atom. The number of pyridine rings is 1. The molecule has 0 aliphatic carbocycles. The smallest absolute Gasteiger partial charge is 0.220 e. The summed E-state index contributed by atoms with van der Waals surface area (Å²) in [7, 11) is 0. The summed E-state index contributed by atoms with van der Waals surface area (Å²) in [6, 6.07) is 11.0. The molecule has 1 amide bonds. The van der Waals surface area contributed by atoms with Crippen molar-refractivity contribution in [3.8, 4) is 16.3 Å². The molecule has 134 valence electrons. The van der Waals surface area contributed by atoms with Crippen LogP contribution in [-0.2, 0) is 11.3 Å². The van der Waals surface area contributed by atoms with Crippen molar-refractivity contribution in [2.75, 3.05) is 6.61 Å². The van der Waals surface area contributed by atoms with Crippen LogP contribution in [0.1, 0.15) is 18.5 Å². The molecular weight excluding hydrogens is 370 g/mol. The van der Waals surface area contributed by atoms with E-state index in [0.717, 1.165) is 22.0 Å². The maximum Gasteiger partial charge on any atom is 0.220 e. The van der Waals surface area contributed by atoms with Gasteiger partial charge in [0.25, 0.3) is 0 Å². The lowest BCUT2D eigenvalue weighted by molar-refractivity contribution is -0.121. The Kier molecular flexibility index (Phi) is 6.57. The third-order valence-corrected chi connectivity index (χ3v) is 4.77. The number of rotatable bonds is 8. The fourth-order valence-corrected chi connectivity index (χ4v) is 3.20. The molecule has 2 aromatic heterocycles. The molecule has 0 saturated carbocycles. The SMILES string of the molecule is O=C(CCCOc1ccc(Cl)cc1)NCc1csc(-c2ccncc2)n1. The number of amides is 1. The van der Waals surface area contributed by atoms with Gasteiger partial charge in [-0.2, -0.15) is 0 Å². The van der Waals surface area contributed by atoms with E-state index < -0.39 is 0 Å². The van der Waals surface area contributed by atoms with E-state index in [1.165, 1.54) is 0 Å². The van der Waals surface area contributed by atoms with Gasteiger partial charge in [-0.05, 0) is 42.8 Å². The van der Waals surface area contributed by atoms with Gasteiger partial charge in [0.2, 0.25) is 5.91 Å². The Bertz CT molecular complexity index is 838. The standard InChI is InChI=1S/C19H18ClN3O2S/c20-15-3-5-17(6-4-15)25-11-1-2-18(24)22-12-16-13-26-19(23-16)14-7-9-21-10-8-14/h3-10,13H,1-2,11-12H2,(H,22,24). The Labute approximate surface area is 161 Å². The third-order valence-electron chi connectivity index (χ3n) is 3.58. The number of hydrogen-bond acceptors (Lipinski definition) is 5. The quantitative estimate of drug-likeness (QED) is 0.584. The van der Waals surface area contributed by atoms with E-state index >= 15 is 0 Å². The van der Waals surface area contributed by atoms with Gasteiger partial charge in [0.1, 0.15) is 10.8 Å². The molecule has 7 heteroatoms. The number of carbonyl (C=O) groups is 1. The summed E-state index contributed by atoms with van der Waals surface area (Å²) in [4.78, 5) is 20.5. The minimum Gasteiger partial charge on any atom is -0.494 e. The Morgan fingerprint density at radius 2 is 1.92 bits per heavy atom. The highest BCUT2D eigenvalue weighted by atomic mass is 35.5. The topological polar surface area (TPSA) is 64.1 Å². The first kappa shape index (κ1) is 18.4. The molecular formula is C19H18ClN3O2S. The van der Waals surface area contributed by atoms with Crippen LogP contribution in [0.15, 0.2) is 54.2 Å². The summed E-state index contributed by atoms with van der Waals surface area (Å²) in [6.07, 6.45) is 4.54. The summed E-state index contributed by atoms with van der Waals surface area (Å²) >= 11 is 7.38. The van der Waals surface area contributed by atoms with Crippen molar-refractivity contribution in [1.29, 1.82) is 0 Å². The highest BCUT2D eigenvalue weighted by molar-refractivity contribution is 7.13. The first-order valence-electron chi connectivity index (χ1n) is 8.20. The zero-order chi connectivity index (χ0) is 18.2. The number of thiazole rings is 1. The Hall–Kier alpha value is -2.44. The van der Waals surface area contributed by atoms with Crippen LogP contribution in [0.5, 0.6) is 5.75 Å². The van der Waals surface area contributed by atoms with Crippen molar-refractivity contribution in [3.05, 3.63) is 64.9 Å². The maximum atomic E-state index is 11.9. The molecule has 0 bridgehead atoms. The highest BCUT2D eigenvalue weighted by Gasteiger charge is 2.06. The van der Waals surface area contributed by atoms with Crippen molar-refractivity contribution in [3.63, 3.8) is 0 Å². The van der Waals surface area contributed by atoms with Gasteiger partial charge in [-0.1, -0.05) is 11.6 Å². The first-order chi connectivity index (χ1) is 12.7. The van der Waals surface area contributed by atoms with Crippen molar-refractivity contribution < 1.29 is 9.53 Å². The lowest BCUT2D eigenvalue weighted by Crippen LogP contribution is -2.23. The van der Waals surface area contributed by atoms with Crippen LogP contribution in [0, 0.1) is 0 Å². The van der Waals surface area contributed by atoms with Gasteiger partial charge < -0.3 is 10.1 Å². The lowest BCUT2D eigenvalue weighted by Gasteiger charge is -2.06. The maximum absolute atomic E-state index is 11.9. The van der Waals surface area contributed by atoms with Crippen LogP contribution in [0.2, 0.25) is 5.02 Å². The van der Waals surface area contributed by atoms with Crippen molar-refractivity contribution in [1.82, 2.24) is 15.3 Å². The predicted molar refractivity (Wildman–Crippen MR) is 103 cm³/mol. The fraction of sp³-hybridized carbons (Fsp3) is 0.211. The average Bonchev–Trinajstić information content (AvgIpc) is 3.15. The number of carbonyl (C=O) groups excluding carboxylic acids is 1. The van der Waals surface area contributed by atoms with E-state index in [1.54, 1.807) is 35.9 Å². The van der Waals surface area contributed by atoms with Crippen LogP contribution in [0.4, 0.5) is 0 Å². The third kappa shape index (κ3) is 5.54. The molecule has 0 atom stereocenters. The molecule has 2 heterocycles. The Balaban J connectivity index is 1.36. The normalized spacial score (nSPS) is 10.5. The summed E-state index contributed by atoms with van der Waals surface area (Å²) in [5.74, 6) is 0.740. The summed E-state index contributed by atoms with van der Waals surface area (Å²) in [5.41, 5.74) is 1.88. The van der Waals surface area contributed by atoms with E-state index in [4.69, 9.17) is 16.3 Å². The highest BCUT2D eigenvalue weighted by Crippen LogP contribution is 2.22. The van der Waals surface area contributed by atoms with Crippen LogP contribution in [0.25, 0.3) is 10.6 Å². The molecule has 1 aromatic carbocycles. The second-order valence-corrected chi connectivity index (χ2v) is 6.86. The van der Waals surface area contributed by atoms with E-state index in [-0.39, 0.29) is 5.91 Å². The molecule has 0 fully saturated rings. The summed E-state index contributed by atoms with van der Waals surface area (Å²) in [5, 5.41) is 6.44. The van der Waals surface area contributed by atoms with Crippen molar-refractivity contribution in [2.24, 2.45) is 0 Å². The van der Waals surface area contributed by atoms with Crippen LogP contribution < -0.4 is 10.1 Å². The van der Waals surface area contributed by atoms with Crippen LogP contribution in [-0.4, -0.2) is 22.5 Å². The van der Waals surface area contributed by atoms with Gasteiger partial charge in [0.15, 0.2) is 0 Å². The van der Waals surface area contributed by atoms with Crippen molar-refractivity contribution >= 4 is 28.8 Å². The minimum absolute atomic E-state index is 0.0110. The van der Waals surface area contributed by atoms with Gasteiger partial charge in [-0.25, -0.2) is 4.98 Å². The zero-order valence-electron chi connectivity index (χ0n) is 14.0. The molecule has 0 aliphatic heterocycles. The van der Waals surface area contributed by atoms with E-state index in [2.05, 4.69) is 15.3 Å². The van der Waals surface area contributed by atoms with E-state index in [1.807, 2.05) is 29.6 Å². The zero-order valence-corrected chi connectivity index (χ0v) is 15.6. The van der Waals surface area contributed by atoms with Gasteiger partial charge >= 0.3 is 0 Å². The largest absolute Gasteiger partial charge is 0.494 e. The van der Waals surface area contributed by atoms with Gasteiger partial charge in [0.05, 0.1) is 18.8 Å². The van der Waals surface area contributed by atoms with E-state index in [9.17, 15) is 4.79 Å². The summed E-state index contributed by atoms with van der Waals surface area (Å²) in [6.45, 7) is 0.913. The molecule has 5 nitrogen and oxygen atoms in total. The fourth-order valence-electron chi connectivity index (χ4n) is 2.25. The lowest BCUT2D eigenvalue weighted by atomic mass is 10.3. The number of aromatic nitrogens is 2.